The Labute approximate surface area is 176 Å². The van der Waals surface area contributed by atoms with Crippen molar-refractivity contribution in [2.75, 3.05) is 23.3 Å². The Morgan fingerprint density at radius 2 is 1.97 bits per heavy atom. The molecule has 0 radical (unpaired) electrons. The number of nitrogens with zero attached hydrogens (tertiary/aromatic N) is 3. The lowest BCUT2D eigenvalue weighted by Crippen LogP contribution is -2.38. The van der Waals surface area contributed by atoms with Gasteiger partial charge in [-0.3, -0.25) is 9.36 Å². The van der Waals surface area contributed by atoms with Crippen LogP contribution in [0.3, 0.4) is 0 Å². The van der Waals surface area contributed by atoms with Gasteiger partial charge in [-0.15, -0.1) is 0 Å². The molecule has 0 bridgehead atoms. The van der Waals surface area contributed by atoms with E-state index >= 15 is 0 Å². The van der Waals surface area contributed by atoms with Crippen LogP contribution in [0, 0.1) is 19.8 Å². The molecule has 1 fully saturated rings. The van der Waals surface area contributed by atoms with Crippen molar-refractivity contribution in [3.05, 3.63) is 64.1 Å². The van der Waals surface area contributed by atoms with Crippen molar-refractivity contribution in [3.8, 4) is 0 Å². The van der Waals surface area contributed by atoms with Gasteiger partial charge in [0.05, 0.1) is 5.52 Å². The van der Waals surface area contributed by atoms with E-state index in [1.807, 2.05) is 56.3 Å². The van der Waals surface area contributed by atoms with E-state index < -0.39 is 5.69 Å². The molecule has 1 aromatic heterocycles. The second kappa shape index (κ2) is 8.30. The quantitative estimate of drug-likeness (QED) is 0.716. The summed E-state index contributed by atoms with van der Waals surface area (Å²) in [6, 6.07) is 13.5. The average Bonchev–Trinajstić information content (AvgIpc) is 2.72. The van der Waals surface area contributed by atoms with Gasteiger partial charge in [0.2, 0.25) is 5.91 Å². The molecule has 3 aromatic rings. The van der Waals surface area contributed by atoms with Gasteiger partial charge in [-0.1, -0.05) is 25.1 Å². The van der Waals surface area contributed by atoms with Crippen LogP contribution in [0.2, 0.25) is 0 Å². The third-order valence-electron chi connectivity index (χ3n) is 5.92. The number of aryl methyl sites for hydroxylation is 2. The van der Waals surface area contributed by atoms with Crippen molar-refractivity contribution in [3.63, 3.8) is 0 Å². The fourth-order valence-corrected chi connectivity index (χ4v) is 4.15. The normalized spacial score (nSPS) is 16.6. The molecule has 1 saturated heterocycles. The standard InChI is InChI=1S/C24H28N4O2/c1-16-7-6-12-27(14-16)23-20-8-4-5-9-21(20)28(24(30)26-23)15-22(29)25-19-11-10-17(2)18(3)13-19/h4-5,8-11,13,16H,6-7,12,14-15H2,1-3H3,(H,25,29)/t16-/m0/s1. The predicted molar refractivity (Wildman–Crippen MR) is 121 cm³/mol. The molecule has 2 heterocycles. The Hall–Kier alpha value is -3.15. The lowest BCUT2D eigenvalue weighted by molar-refractivity contribution is -0.116. The van der Waals surface area contributed by atoms with Crippen molar-refractivity contribution < 1.29 is 4.79 Å². The van der Waals surface area contributed by atoms with Crippen molar-refractivity contribution in [1.29, 1.82) is 0 Å². The molecule has 1 aliphatic heterocycles. The van der Waals surface area contributed by atoms with Gasteiger partial charge in [0.1, 0.15) is 12.4 Å². The number of para-hydroxylation sites is 1. The van der Waals surface area contributed by atoms with Crippen LogP contribution in [-0.2, 0) is 11.3 Å². The lowest BCUT2D eigenvalue weighted by atomic mass is 10.00. The van der Waals surface area contributed by atoms with E-state index in [1.54, 1.807) is 0 Å². The molecule has 2 aromatic carbocycles. The number of benzene rings is 2. The number of nitrogens with one attached hydrogen (secondary N) is 1. The smallest absolute Gasteiger partial charge is 0.350 e. The summed E-state index contributed by atoms with van der Waals surface area (Å²) < 4.78 is 1.46. The minimum atomic E-state index is -0.392. The summed E-state index contributed by atoms with van der Waals surface area (Å²) in [4.78, 5) is 32.2. The molecule has 1 amide bonds. The van der Waals surface area contributed by atoms with E-state index in [9.17, 15) is 9.59 Å². The lowest BCUT2D eigenvalue weighted by Gasteiger charge is -2.32. The summed E-state index contributed by atoms with van der Waals surface area (Å²) in [5, 5.41) is 3.80. The maximum Gasteiger partial charge on any atom is 0.350 e. The number of rotatable bonds is 4. The first-order chi connectivity index (χ1) is 14.4. The van der Waals surface area contributed by atoms with Crippen LogP contribution >= 0.6 is 0 Å². The molecule has 1 N–H and O–H groups in total. The van der Waals surface area contributed by atoms with Crippen LogP contribution in [0.5, 0.6) is 0 Å². The number of piperidine rings is 1. The zero-order valence-electron chi connectivity index (χ0n) is 17.8. The van der Waals surface area contributed by atoms with Crippen LogP contribution in [0.1, 0.15) is 30.9 Å². The van der Waals surface area contributed by atoms with E-state index in [-0.39, 0.29) is 12.5 Å². The summed E-state index contributed by atoms with van der Waals surface area (Å²) in [5.41, 5.74) is 3.35. The summed E-state index contributed by atoms with van der Waals surface area (Å²) in [6.07, 6.45) is 2.29. The molecule has 6 heteroatoms. The summed E-state index contributed by atoms with van der Waals surface area (Å²) >= 11 is 0. The second-order valence-electron chi connectivity index (χ2n) is 8.36. The predicted octanol–water partition coefficient (Wildman–Crippen LogP) is 3.89. The minimum absolute atomic E-state index is 0.0735. The number of hydrogen-bond donors (Lipinski definition) is 1. The Morgan fingerprint density at radius 1 is 1.17 bits per heavy atom. The SMILES string of the molecule is Cc1ccc(NC(=O)Cn2c(=O)nc(N3CCC[C@H](C)C3)c3ccccc32)cc1C. The zero-order valence-corrected chi connectivity index (χ0v) is 17.8. The van der Waals surface area contributed by atoms with E-state index in [4.69, 9.17) is 0 Å². The Morgan fingerprint density at radius 3 is 2.73 bits per heavy atom. The van der Waals surface area contributed by atoms with Gasteiger partial charge in [-0.25, -0.2) is 4.79 Å². The highest BCUT2D eigenvalue weighted by Gasteiger charge is 2.22. The van der Waals surface area contributed by atoms with Gasteiger partial charge in [0.15, 0.2) is 0 Å². The largest absolute Gasteiger partial charge is 0.356 e. The maximum absolute atomic E-state index is 12.9. The Balaban J connectivity index is 1.65. The minimum Gasteiger partial charge on any atom is -0.356 e. The Bertz CT molecular complexity index is 1150. The summed E-state index contributed by atoms with van der Waals surface area (Å²) in [7, 11) is 0. The number of anilines is 2. The number of fused-ring (bicyclic) bond motifs is 1. The van der Waals surface area contributed by atoms with Crippen molar-refractivity contribution >= 4 is 28.3 Å². The number of carbonyl (C=O) groups is 1. The van der Waals surface area contributed by atoms with Gasteiger partial charge in [-0.05, 0) is 68.0 Å². The highest BCUT2D eigenvalue weighted by molar-refractivity contribution is 5.94. The number of aromatic nitrogens is 2. The van der Waals surface area contributed by atoms with Crippen LogP contribution in [0.25, 0.3) is 10.9 Å². The molecule has 0 aliphatic carbocycles. The third-order valence-corrected chi connectivity index (χ3v) is 5.92. The Kier molecular flexibility index (Phi) is 5.57. The summed E-state index contributed by atoms with van der Waals surface area (Å²) in [6.45, 7) is 7.99. The second-order valence-corrected chi connectivity index (χ2v) is 8.36. The molecule has 0 unspecified atom stereocenters. The number of amides is 1. The van der Waals surface area contributed by atoms with Gasteiger partial charge in [-0.2, -0.15) is 4.98 Å². The molecule has 30 heavy (non-hydrogen) atoms. The van der Waals surface area contributed by atoms with Crippen LogP contribution in [0.4, 0.5) is 11.5 Å². The van der Waals surface area contributed by atoms with E-state index in [0.717, 1.165) is 47.5 Å². The highest BCUT2D eigenvalue weighted by atomic mass is 16.2. The van der Waals surface area contributed by atoms with Gasteiger partial charge < -0.3 is 10.2 Å². The molecular formula is C24H28N4O2. The molecular weight excluding hydrogens is 376 g/mol. The first-order valence-corrected chi connectivity index (χ1v) is 10.5. The van der Waals surface area contributed by atoms with Crippen LogP contribution in [0.15, 0.2) is 47.3 Å². The van der Waals surface area contributed by atoms with Gasteiger partial charge in [0, 0.05) is 24.2 Å². The molecule has 0 saturated carbocycles. The molecule has 6 nitrogen and oxygen atoms in total. The average molecular weight is 405 g/mol. The van der Waals surface area contributed by atoms with Crippen molar-refractivity contribution in [2.45, 2.75) is 40.2 Å². The van der Waals surface area contributed by atoms with Crippen LogP contribution < -0.4 is 15.9 Å². The van der Waals surface area contributed by atoms with Gasteiger partial charge >= 0.3 is 5.69 Å². The highest BCUT2D eigenvalue weighted by Crippen LogP contribution is 2.27. The van der Waals surface area contributed by atoms with E-state index in [1.165, 1.54) is 16.6 Å². The van der Waals surface area contributed by atoms with E-state index in [0.29, 0.717) is 5.92 Å². The first kappa shape index (κ1) is 20.1. The fourth-order valence-electron chi connectivity index (χ4n) is 4.15. The van der Waals surface area contributed by atoms with Gasteiger partial charge in [0.25, 0.3) is 0 Å². The molecule has 0 spiro atoms. The molecule has 156 valence electrons. The maximum atomic E-state index is 12.9. The molecule has 1 atom stereocenters. The number of hydrogen-bond acceptors (Lipinski definition) is 4. The topological polar surface area (TPSA) is 67.2 Å². The third kappa shape index (κ3) is 4.08. The number of carbonyl (C=O) groups excluding carboxylic acids is 1. The van der Waals surface area contributed by atoms with Crippen molar-refractivity contribution in [2.24, 2.45) is 5.92 Å². The van der Waals surface area contributed by atoms with Crippen molar-refractivity contribution in [1.82, 2.24) is 9.55 Å². The monoisotopic (exact) mass is 404 g/mol. The van der Waals surface area contributed by atoms with Crippen LogP contribution in [-0.4, -0.2) is 28.5 Å². The molecule has 4 rings (SSSR count). The first-order valence-electron chi connectivity index (χ1n) is 10.5. The zero-order chi connectivity index (χ0) is 21.3. The van der Waals surface area contributed by atoms with E-state index in [2.05, 4.69) is 22.1 Å². The molecule has 1 aliphatic rings. The summed E-state index contributed by atoms with van der Waals surface area (Å²) in [5.74, 6) is 1.06. The fraction of sp³-hybridized carbons (Fsp3) is 0.375.